The van der Waals surface area contributed by atoms with Crippen molar-refractivity contribution < 1.29 is 0 Å². The van der Waals surface area contributed by atoms with Crippen LogP contribution in [0.15, 0.2) is 84.9 Å². The molecular weight excluding hydrogens is 354 g/mol. The van der Waals surface area contributed by atoms with Crippen LogP contribution in [0.1, 0.15) is 42.9 Å². The second-order valence-corrected chi connectivity index (χ2v) is 8.46. The van der Waals surface area contributed by atoms with Crippen LogP contribution in [-0.2, 0) is 0 Å². The van der Waals surface area contributed by atoms with Crippen molar-refractivity contribution >= 4 is 11.4 Å². The maximum Gasteiger partial charge on any atom is 0.0606 e. The molecule has 29 heavy (non-hydrogen) atoms. The molecule has 3 heteroatoms. The van der Waals surface area contributed by atoms with Gasteiger partial charge in [-0.05, 0) is 48.9 Å². The third-order valence-electron chi connectivity index (χ3n) is 6.64. The standard InChI is InChI=1S/C26H29N3/c27-24-13-7-8-14-25(24)28-21-17-22-15-16-23(18-21)29(22)26(19-9-3-1-4-10-19)20-11-5-2-6-12-20/h1-14,21-23,26,28H,15-18,27H2/t21-,22+,23-. The summed E-state index contributed by atoms with van der Waals surface area (Å²) >= 11 is 0. The molecule has 2 heterocycles. The van der Waals surface area contributed by atoms with E-state index in [1.54, 1.807) is 0 Å². The van der Waals surface area contributed by atoms with Crippen LogP contribution in [0.4, 0.5) is 11.4 Å². The fraction of sp³-hybridized carbons (Fsp3) is 0.308. The first-order valence-corrected chi connectivity index (χ1v) is 10.8. The Bertz CT molecular complexity index is 887. The van der Waals surface area contributed by atoms with Crippen molar-refractivity contribution in [3.8, 4) is 0 Å². The van der Waals surface area contributed by atoms with E-state index in [0.29, 0.717) is 24.2 Å². The number of nitrogens with zero attached hydrogens (tertiary/aromatic N) is 1. The van der Waals surface area contributed by atoms with Crippen LogP contribution in [0, 0.1) is 0 Å². The summed E-state index contributed by atoms with van der Waals surface area (Å²) < 4.78 is 0. The lowest BCUT2D eigenvalue weighted by molar-refractivity contribution is 0.0986. The first kappa shape index (κ1) is 18.3. The van der Waals surface area contributed by atoms with E-state index < -0.39 is 0 Å². The minimum Gasteiger partial charge on any atom is -0.397 e. The Hall–Kier alpha value is -2.78. The number of nitrogens with two attached hydrogens (primary N) is 1. The van der Waals surface area contributed by atoms with E-state index >= 15 is 0 Å². The van der Waals surface area contributed by atoms with Crippen LogP contribution >= 0.6 is 0 Å². The van der Waals surface area contributed by atoms with Crippen LogP contribution in [0.25, 0.3) is 0 Å². The molecule has 2 saturated heterocycles. The first-order chi connectivity index (χ1) is 14.3. The Morgan fingerprint density at radius 3 is 1.79 bits per heavy atom. The van der Waals surface area contributed by atoms with Gasteiger partial charge >= 0.3 is 0 Å². The molecule has 3 aromatic carbocycles. The molecule has 0 aliphatic carbocycles. The Labute approximate surface area is 173 Å². The van der Waals surface area contributed by atoms with Crippen molar-refractivity contribution in [2.45, 2.75) is 49.9 Å². The monoisotopic (exact) mass is 383 g/mol. The van der Waals surface area contributed by atoms with Crippen molar-refractivity contribution in [1.82, 2.24) is 4.90 Å². The van der Waals surface area contributed by atoms with Crippen LogP contribution in [-0.4, -0.2) is 23.0 Å². The summed E-state index contributed by atoms with van der Waals surface area (Å²) in [7, 11) is 0. The highest BCUT2D eigenvalue weighted by molar-refractivity contribution is 5.66. The highest BCUT2D eigenvalue weighted by Crippen LogP contribution is 2.44. The topological polar surface area (TPSA) is 41.3 Å². The third-order valence-corrected chi connectivity index (χ3v) is 6.64. The average molecular weight is 384 g/mol. The molecule has 3 nitrogen and oxygen atoms in total. The molecule has 0 spiro atoms. The molecule has 3 aromatic rings. The molecule has 0 radical (unpaired) electrons. The van der Waals surface area contributed by atoms with Crippen LogP contribution in [0.5, 0.6) is 0 Å². The van der Waals surface area contributed by atoms with Gasteiger partial charge in [0, 0.05) is 18.1 Å². The van der Waals surface area contributed by atoms with Gasteiger partial charge in [0.15, 0.2) is 0 Å². The third kappa shape index (κ3) is 3.63. The zero-order valence-corrected chi connectivity index (χ0v) is 16.7. The molecule has 148 valence electrons. The van der Waals surface area contributed by atoms with Gasteiger partial charge in [0.25, 0.3) is 0 Å². The predicted octanol–water partition coefficient (Wildman–Crippen LogP) is 5.47. The smallest absolute Gasteiger partial charge is 0.0606 e. The van der Waals surface area contributed by atoms with Crippen molar-refractivity contribution in [3.63, 3.8) is 0 Å². The molecule has 0 saturated carbocycles. The summed E-state index contributed by atoms with van der Waals surface area (Å²) in [5.41, 5.74) is 10.9. The van der Waals surface area contributed by atoms with Gasteiger partial charge in [-0.2, -0.15) is 0 Å². The maximum absolute atomic E-state index is 6.18. The molecule has 2 fully saturated rings. The van der Waals surface area contributed by atoms with Crippen LogP contribution < -0.4 is 11.1 Å². The molecular formula is C26H29N3. The Balaban J connectivity index is 1.42. The molecule has 2 aliphatic rings. The second kappa shape index (κ2) is 7.92. The average Bonchev–Trinajstić information content (AvgIpc) is 3.01. The van der Waals surface area contributed by atoms with Crippen molar-refractivity contribution in [2.24, 2.45) is 0 Å². The molecule has 5 rings (SSSR count). The summed E-state index contributed by atoms with van der Waals surface area (Å²) in [4.78, 5) is 2.80. The van der Waals surface area contributed by atoms with Gasteiger partial charge in [-0.25, -0.2) is 0 Å². The zero-order chi connectivity index (χ0) is 19.6. The molecule has 2 aliphatic heterocycles. The normalized spacial score (nSPS) is 24.0. The second-order valence-electron chi connectivity index (χ2n) is 8.46. The minimum absolute atomic E-state index is 0.331. The van der Waals surface area contributed by atoms with Gasteiger partial charge in [-0.1, -0.05) is 72.8 Å². The Morgan fingerprint density at radius 1 is 0.724 bits per heavy atom. The van der Waals surface area contributed by atoms with Gasteiger partial charge in [0.2, 0.25) is 0 Å². The molecule has 3 atom stereocenters. The molecule has 2 bridgehead atoms. The van der Waals surface area contributed by atoms with Gasteiger partial charge in [-0.3, -0.25) is 4.90 Å². The van der Waals surface area contributed by atoms with E-state index in [0.717, 1.165) is 11.4 Å². The summed E-state index contributed by atoms with van der Waals surface area (Å²) in [5.74, 6) is 0. The largest absolute Gasteiger partial charge is 0.397 e. The Morgan fingerprint density at radius 2 is 1.24 bits per heavy atom. The predicted molar refractivity (Wildman–Crippen MR) is 121 cm³/mol. The number of piperidine rings is 1. The van der Waals surface area contributed by atoms with E-state index in [-0.39, 0.29) is 0 Å². The van der Waals surface area contributed by atoms with Crippen LogP contribution in [0.2, 0.25) is 0 Å². The lowest BCUT2D eigenvalue weighted by Gasteiger charge is -2.44. The Kier molecular flexibility index (Phi) is 4.99. The van der Waals surface area contributed by atoms with Crippen molar-refractivity contribution in [1.29, 1.82) is 0 Å². The number of rotatable bonds is 5. The highest BCUT2D eigenvalue weighted by atomic mass is 15.3. The van der Waals surface area contributed by atoms with Gasteiger partial charge in [0.1, 0.15) is 0 Å². The minimum atomic E-state index is 0.331. The van der Waals surface area contributed by atoms with Crippen molar-refractivity contribution in [3.05, 3.63) is 96.1 Å². The van der Waals surface area contributed by atoms with E-state index in [2.05, 4.69) is 83.0 Å². The number of anilines is 2. The highest BCUT2D eigenvalue weighted by Gasteiger charge is 2.44. The van der Waals surface area contributed by atoms with Gasteiger partial charge in [-0.15, -0.1) is 0 Å². The molecule has 0 aromatic heterocycles. The molecule has 0 unspecified atom stereocenters. The number of benzene rings is 3. The summed E-state index contributed by atoms with van der Waals surface area (Å²) in [6.07, 6.45) is 4.90. The zero-order valence-electron chi connectivity index (χ0n) is 16.7. The van der Waals surface area contributed by atoms with Gasteiger partial charge < -0.3 is 11.1 Å². The fourth-order valence-corrected chi connectivity index (χ4v) is 5.41. The SMILES string of the molecule is Nc1ccccc1N[C@H]1C[C@H]2CC[C@@H](C1)N2C(c1ccccc1)c1ccccc1. The summed E-state index contributed by atoms with van der Waals surface area (Å²) in [5, 5.41) is 3.74. The van der Waals surface area contributed by atoms with E-state index in [1.807, 2.05) is 12.1 Å². The summed E-state index contributed by atoms with van der Waals surface area (Å²) in [6.45, 7) is 0. The lowest BCUT2D eigenvalue weighted by Crippen LogP contribution is -2.48. The first-order valence-electron chi connectivity index (χ1n) is 10.8. The van der Waals surface area contributed by atoms with E-state index in [1.165, 1.54) is 36.8 Å². The number of nitrogens with one attached hydrogen (secondary N) is 1. The molecule has 3 N–H and O–H groups in total. The number of hydrogen-bond donors (Lipinski definition) is 2. The van der Waals surface area contributed by atoms with Gasteiger partial charge in [0.05, 0.1) is 17.4 Å². The fourth-order valence-electron chi connectivity index (χ4n) is 5.41. The molecule has 0 amide bonds. The quantitative estimate of drug-likeness (QED) is 0.574. The van der Waals surface area contributed by atoms with Crippen molar-refractivity contribution in [2.75, 3.05) is 11.1 Å². The van der Waals surface area contributed by atoms with E-state index in [9.17, 15) is 0 Å². The number of nitrogen functional groups attached to an aromatic ring is 1. The summed E-state index contributed by atoms with van der Waals surface area (Å²) in [6, 6.07) is 32.2. The number of fused-ring (bicyclic) bond motifs is 2. The van der Waals surface area contributed by atoms with Crippen LogP contribution in [0.3, 0.4) is 0 Å². The lowest BCUT2D eigenvalue weighted by atomic mass is 9.89. The number of hydrogen-bond acceptors (Lipinski definition) is 3. The number of para-hydroxylation sites is 2. The maximum atomic E-state index is 6.18. The van der Waals surface area contributed by atoms with E-state index in [4.69, 9.17) is 5.73 Å².